The Labute approximate surface area is 467 Å². The maximum atomic E-state index is 13.3. The van der Waals surface area contributed by atoms with Gasteiger partial charge in [0.2, 0.25) is 5.91 Å². The summed E-state index contributed by atoms with van der Waals surface area (Å²) in [6, 6.07) is -0.939. The molecule has 2 fully saturated rings. The van der Waals surface area contributed by atoms with Crippen LogP contribution in [0.2, 0.25) is 0 Å². The predicted octanol–water partition coefficient (Wildman–Crippen LogP) is 11.2. The van der Waals surface area contributed by atoms with Gasteiger partial charge in [0.15, 0.2) is 12.6 Å². The molecule has 77 heavy (non-hydrogen) atoms. The molecule has 2 rings (SSSR count). The largest absolute Gasteiger partial charge is 0.394 e. The van der Waals surface area contributed by atoms with Crippen molar-refractivity contribution in [2.45, 2.75) is 325 Å². The van der Waals surface area contributed by atoms with Crippen molar-refractivity contribution in [3.63, 3.8) is 0 Å². The number of aliphatic hydroxyl groups excluding tert-OH is 8. The molecular weight excluding hydrogens is 979 g/mol. The molecule has 0 saturated carbocycles. The first kappa shape index (κ1) is 71.1. The lowest BCUT2D eigenvalue weighted by Crippen LogP contribution is -2.65. The molecule has 12 unspecified atom stereocenters. The molecule has 0 aromatic carbocycles. The van der Waals surface area contributed by atoms with Gasteiger partial charge < -0.3 is 65.1 Å². The average Bonchev–Trinajstić information content (AvgIpc) is 3.44. The van der Waals surface area contributed by atoms with Crippen molar-refractivity contribution >= 4 is 5.91 Å². The van der Waals surface area contributed by atoms with Gasteiger partial charge in [0.05, 0.1) is 32.0 Å². The minimum absolute atomic E-state index is 0.253. The van der Waals surface area contributed by atoms with E-state index in [1.807, 2.05) is 6.08 Å². The first-order valence-electron chi connectivity index (χ1n) is 31.4. The third-order valence-corrected chi connectivity index (χ3v) is 15.2. The summed E-state index contributed by atoms with van der Waals surface area (Å²) in [5.74, 6) is -0.253. The summed E-state index contributed by atoms with van der Waals surface area (Å²) >= 11 is 0. The van der Waals surface area contributed by atoms with Crippen LogP contribution in [0.4, 0.5) is 0 Å². The van der Waals surface area contributed by atoms with E-state index in [4.69, 9.17) is 18.9 Å². The van der Waals surface area contributed by atoms with Crippen molar-refractivity contribution in [2.24, 2.45) is 0 Å². The van der Waals surface area contributed by atoms with Crippen molar-refractivity contribution in [3.8, 4) is 0 Å². The van der Waals surface area contributed by atoms with Gasteiger partial charge in [0.1, 0.15) is 48.8 Å². The van der Waals surface area contributed by atoms with E-state index < -0.39 is 86.8 Å². The van der Waals surface area contributed by atoms with Crippen molar-refractivity contribution < 1.29 is 64.6 Å². The van der Waals surface area contributed by atoms with Gasteiger partial charge in [-0.1, -0.05) is 223 Å². The van der Waals surface area contributed by atoms with Gasteiger partial charge in [0, 0.05) is 6.42 Å². The Bertz CT molecular complexity index is 1480. The standard InChI is InChI=1S/C63H115NO13/c1-3-5-7-9-11-13-15-17-19-21-23-25-26-27-29-31-33-35-37-39-41-43-45-47-55(68)64-51(52(67)46-44-42-40-38-36-34-32-30-28-24-22-20-18-16-14-12-10-8-6-4-2)50-74-62-60(73)58(71)61(54(49-66)76-62)77-63-59(72)57(70)56(69)53(48-65)75-63/h21,23,28,30,36,38,44,46,51-54,56-63,65-67,69-73H,3-20,22,24-27,29,31-35,37,39-43,45,47-50H2,1-2H3,(H,64,68)/b23-21-,30-28+,38-36+,46-44+. The van der Waals surface area contributed by atoms with Crippen LogP contribution < -0.4 is 5.32 Å². The van der Waals surface area contributed by atoms with Gasteiger partial charge in [-0.05, 0) is 70.6 Å². The maximum Gasteiger partial charge on any atom is 0.220 e. The van der Waals surface area contributed by atoms with E-state index in [1.54, 1.807) is 6.08 Å². The molecule has 2 heterocycles. The van der Waals surface area contributed by atoms with Crippen LogP contribution in [0.15, 0.2) is 48.6 Å². The highest BCUT2D eigenvalue weighted by Crippen LogP contribution is 2.30. The number of carbonyl (C=O) groups excluding carboxylic acids is 1. The van der Waals surface area contributed by atoms with Crippen molar-refractivity contribution in [2.75, 3.05) is 19.8 Å². The van der Waals surface area contributed by atoms with Crippen LogP contribution in [0.5, 0.6) is 0 Å². The Hall–Kier alpha value is -2.05. The highest BCUT2D eigenvalue weighted by atomic mass is 16.7. The fourth-order valence-corrected chi connectivity index (χ4v) is 10.1. The normalized spacial score (nSPS) is 25.0. The van der Waals surface area contributed by atoms with Gasteiger partial charge in [-0.2, -0.15) is 0 Å². The van der Waals surface area contributed by atoms with E-state index in [-0.39, 0.29) is 18.9 Å². The topological polar surface area (TPSA) is 228 Å². The molecule has 2 aliphatic heterocycles. The van der Waals surface area contributed by atoms with E-state index in [9.17, 15) is 45.6 Å². The monoisotopic (exact) mass is 1090 g/mol. The molecule has 14 heteroatoms. The van der Waals surface area contributed by atoms with Crippen molar-refractivity contribution in [3.05, 3.63) is 48.6 Å². The SMILES string of the molecule is CCCCCCCCCC/C=C\CCCCCCCCCCCCCC(=O)NC(COC1OC(CO)C(OC2OC(CO)C(O)C(O)C2O)C(O)C1O)C(O)/C=C/CC/C=C/CC/C=C/CCCCCCCCCCCC. The number of hydrogen-bond donors (Lipinski definition) is 9. The number of amides is 1. The van der Waals surface area contributed by atoms with Crippen LogP contribution in [-0.2, 0) is 23.7 Å². The summed E-state index contributed by atoms with van der Waals surface area (Å²) in [7, 11) is 0. The fourth-order valence-electron chi connectivity index (χ4n) is 10.1. The van der Waals surface area contributed by atoms with Crippen LogP contribution >= 0.6 is 0 Å². The average molecular weight is 1090 g/mol. The van der Waals surface area contributed by atoms with E-state index in [0.29, 0.717) is 12.8 Å². The van der Waals surface area contributed by atoms with Crippen LogP contribution in [0, 0.1) is 0 Å². The van der Waals surface area contributed by atoms with Gasteiger partial charge >= 0.3 is 0 Å². The van der Waals surface area contributed by atoms with E-state index in [0.717, 1.165) is 44.9 Å². The highest BCUT2D eigenvalue weighted by molar-refractivity contribution is 5.76. The molecule has 0 aromatic heterocycles. The molecule has 0 spiro atoms. The zero-order valence-electron chi connectivity index (χ0n) is 48.5. The molecular formula is C63H115NO13. The third kappa shape index (κ3) is 34.1. The van der Waals surface area contributed by atoms with E-state index in [1.165, 1.54) is 173 Å². The molecule has 0 bridgehead atoms. The Balaban J connectivity index is 1.77. The first-order chi connectivity index (χ1) is 37.6. The van der Waals surface area contributed by atoms with E-state index >= 15 is 0 Å². The number of hydrogen-bond acceptors (Lipinski definition) is 13. The number of nitrogens with one attached hydrogen (secondary N) is 1. The summed E-state index contributed by atoms with van der Waals surface area (Å²) < 4.78 is 22.8. The molecule has 12 atom stereocenters. The summed E-state index contributed by atoms with van der Waals surface area (Å²) in [5, 5.41) is 87.2. The summed E-state index contributed by atoms with van der Waals surface area (Å²) in [5.41, 5.74) is 0. The Kier molecular flexibility index (Phi) is 44.9. The number of unbranched alkanes of at least 4 members (excludes halogenated alkanes) is 31. The summed E-state index contributed by atoms with van der Waals surface area (Å²) in [4.78, 5) is 13.3. The second kappa shape index (κ2) is 48.6. The van der Waals surface area contributed by atoms with Crippen LogP contribution in [0.1, 0.15) is 251 Å². The number of rotatable bonds is 50. The molecule has 14 nitrogen and oxygen atoms in total. The first-order valence-corrected chi connectivity index (χ1v) is 31.4. The molecule has 9 N–H and O–H groups in total. The fraction of sp³-hybridized carbons (Fsp3) is 0.857. The van der Waals surface area contributed by atoms with Crippen LogP contribution in [0.25, 0.3) is 0 Å². The maximum absolute atomic E-state index is 13.3. The Morgan fingerprint density at radius 3 is 1.27 bits per heavy atom. The van der Waals surface area contributed by atoms with Gasteiger partial charge in [-0.3, -0.25) is 4.79 Å². The second-order valence-electron chi connectivity index (χ2n) is 22.2. The van der Waals surface area contributed by atoms with Gasteiger partial charge in [-0.15, -0.1) is 0 Å². The zero-order chi connectivity index (χ0) is 56.0. The Morgan fingerprint density at radius 2 is 0.831 bits per heavy atom. The predicted molar refractivity (Wildman–Crippen MR) is 309 cm³/mol. The number of allylic oxidation sites excluding steroid dienone is 7. The minimum atomic E-state index is -1.79. The lowest BCUT2D eigenvalue weighted by Gasteiger charge is -2.46. The van der Waals surface area contributed by atoms with Gasteiger partial charge in [-0.25, -0.2) is 0 Å². The quantitative estimate of drug-likeness (QED) is 0.0204. The number of ether oxygens (including phenoxy) is 4. The number of aliphatic hydroxyl groups is 8. The lowest BCUT2D eigenvalue weighted by atomic mass is 9.97. The highest BCUT2D eigenvalue weighted by Gasteiger charge is 2.51. The molecule has 450 valence electrons. The van der Waals surface area contributed by atoms with Gasteiger partial charge in [0.25, 0.3) is 0 Å². The summed E-state index contributed by atoms with van der Waals surface area (Å²) in [6.07, 6.45) is 44.4. The third-order valence-electron chi connectivity index (χ3n) is 15.2. The molecule has 0 aromatic rings. The Morgan fingerprint density at radius 1 is 0.455 bits per heavy atom. The van der Waals surface area contributed by atoms with Crippen molar-refractivity contribution in [1.29, 1.82) is 0 Å². The van der Waals surface area contributed by atoms with Crippen LogP contribution in [-0.4, -0.2) is 140 Å². The molecule has 1 amide bonds. The summed E-state index contributed by atoms with van der Waals surface area (Å²) in [6.45, 7) is 2.79. The molecule has 2 aliphatic rings. The van der Waals surface area contributed by atoms with Crippen LogP contribution in [0.3, 0.4) is 0 Å². The molecule has 0 radical (unpaired) electrons. The smallest absolute Gasteiger partial charge is 0.220 e. The lowest BCUT2D eigenvalue weighted by molar-refractivity contribution is -0.359. The van der Waals surface area contributed by atoms with Crippen molar-refractivity contribution in [1.82, 2.24) is 5.32 Å². The molecule has 2 saturated heterocycles. The van der Waals surface area contributed by atoms with E-state index in [2.05, 4.69) is 55.6 Å². The second-order valence-corrected chi connectivity index (χ2v) is 22.2. The minimum Gasteiger partial charge on any atom is -0.394 e. The molecule has 0 aliphatic carbocycles. The zero-order valence-corrected chi connectivity index (χ0v) is 48.5. The number of carbonyl (C=O) groups is 1.